The van der Waals surface area contributed by atoms with Crippen molar-refractivity contribution in [2.24, 2.45) is 0 Å². The van der Waals surface area contributed by atoms with E-state index in [1.165, 1.54) is 28.1 Å². The summed E-state index contributed by atoms with van der Waals surface area (Å²) in [6, 6.07) is 0. The van der Waals surface area contributed by atoms with Crippen LogP contribution in [0.5, 0.6) is 0 Å². The molecular formula is C11H16IN. The van der Waals surface area contributed by atoms with E-state index in [1.807, 2.05) is 6.08 Å². The lowest BCUT2D eigenvalue weighted by atomic mass is 10.0. The van der Waals surface area contributed by atoms with Gasteiger partial charge in [0.25, 0.3) is 0 Å². The molecule has 0 bridgehead atoms. The summed E-state index contributed by atoms with van der Waals surface area (Å²) in [5, 5.41) is 0. The largest absolute Gasteiger partial charge is 1.00 e. The molecule has 0 amide bonds. The van der Waals surface area contributed by atoms with E-state index in [4.69, 9.17) is 0 Å². The summed E-state index contributed by atoms with van der Waals surface area (Å²) < 4.78 is 0. The molecular weight excluding hydrogens is 273 g/mol. The van der Waals surface area contributed by atoms with Crippen molar-refractivity contribution in [2.45, 2.75) is 27.7 Å². The van der Waals surface area contributed by atoms with Crippen LogP contribution >= 0.6 is 0 Å². The van der Waals surface area contributed by atoms with Crippen molar-refractivity contribution in [1.82, 2.24) is 0 Å². The SMILES string of the molecule is C=Cc1c(C)[nH+]c(C)c(C)c1C.[I-]. The molecule has 0 aromatic carbocycles. The van der Waals surface area contributed by atoms with Gasteiger partial charge in [-0.15, -0.1) is 0 Å². The highest BCUT2D eigenvalue weighted by Crippen LogP contribution is 2.16. The van der Waals surface area contributed by atoms with Crippen molar-refractivity contribution >= 4 is 6.08 Å². The first kappa shape index (κ1) is 12.6. The molecule has 13 heavy (non-hydrogen) atoms. The van der Waals surface area contributed by atoms with Gasteiger partial charge >= 0.3 is 0 Å². The second kappa shape index (κ2) is 4.74. The number of hydrogen-bond acceptors (Lipinski definition) is 0. The lowest BCUT2D eigenvalue weighted by molar-refractivity contribution is -0.397. The van der Waals surface area contributed by atoms with Gasteiger partial charge in [-0.2, -0.15) is 0 Å². The van der Waals surface area contributed by atoms with Crippen LogP contribution in [0.2, 0.25) is 0 Å². The van der Waals surface area contributed by atoms with Crippen molar-refractivity contribution in [3.63, 3.8) is 0 Å². The lowest BCUT2D eigenvalue weighted by Gasteiger charge is -2.04. The van der Waals surface area contributed by atoms with E-state index in [1.54, 1.807) is 0 Å². The molecule has 0 saturated carbocycles. The van der Waals surface area contributed by atoms with E-state index >= 15 is 0 Å². The van der Waals surface area contributed by atoms with Crippen molar-refractivity contribution in [3.8, 4) is 0 Å². The van der Waals surface area contributed by atoms with Crippen LogP contribution in [0.4, 0.5) is 0 Å². The molecule has 1 heterocycles. The monoisotopic (exact) mass is 289 g/mol. The average molecular weight is 289 g/mol. The van der Waals surface area contributed by atoms with Crippen molar-refractivity contribution in [1.29, 1.82) is 0 Å². The highest BCUT2D eigenvalue weighted by molar-refractivity contribution is 5.54. The van der Waals surface area contributed by atoms with Crippen LogP contribution in [-0.4, -0.2) is 0 Å². The molecule has 0 aliphatic carbocycles. The van der Waals surface area contributed by atoms with Gasteiger partial charge in [0.1, 0.15) is 0 Å². The third kappa shape index (κ3) is 2.30. The lowest BCUT2D eigenvalue weighted by Crippen LogP contribution is -3.00. The minimum atomic E-state index is 0. The molecule has 0 spiro atoms. The molecule has 0 unspecified atom stereocenters. The Kier molecular flexibility index (Phi) is 4.61. The minimum Gasteiger partial charge on any atom is -1.00 e. The predicted molar refractivity (Wildman–Crippen MR) is 52.0 cm³/mol. The summed E-state index contributed by atoms with van der Waals surface area (Å²) >= 11 is 0. The van der Waals surface area contributed by atoms with Crippen LogP contribution in [0.25, 0.3) is 6.08 Å². The maximum Gasteiger partial charge on any atom is 0.184 e. The Labute approximate surface area is 97.3 Å². The number of aromatic amines is 1. The zero-order valence-corrected chi connectivity index (χ0v) is 10.8. The summed E-state index contributed by atoms with van der Waals surface area (Å²) in [4.78, 5) is 3.33. The Morgan fingerprint density at radius 3 is 2.00 bits per heavy atom. The zero-order valence-electron chi connectivity index (χ0n) is 8.66. The number of nitrogens with one attached hydrogen (secondary N) is 1. The van der Waals surface area contributed by atoms with Crippen molar-refractivity contribution in [3.05, 3.63) is 34.7 Å². The normalized spacial score (nSPS) is 9.23. The first-order valence-corrected chi connectivity index (χ1v) is 4.20. The highest BCUT2D eigenvalue weighted by Gasteiger charge is 2.11. The van der Waals surface area contributed by atoms with Crippen LogP contribution in [0, 0.1) is 27.7 Å². The molecule has 2 heteroatoms. The summed E-state index contributed by atoms with van der Waals surface area (Å²) in [5.41, 5.74) is 6.34. The third-order valence-electron chi connectivity index (χ3n) is 2.51. The fourth-order valence-corrected chi connectivity index (χ4v) is 1.51. The van der Waals surface area contributed by atoms with Crippen LogP contribution < -0.4 is 29.0 Å². The van der Waals surface area contributed by atoms with Crippen molar-refractivity contribution < 1.29 is 29.0 Å². The highest BCUT2D eigenvalue weighted by atomic mass is 127. The van der Waals surface area contributed by atoms with Crippen molar-refractivity contribution in [2.75, 3.05) is 0 Å². The molecule has 1 N–H and O–H groups in total. The van der Waals surface area contributed by atoms with Gasteiger partial charge in [-0.05, 0) is 19.4 Å². The molecule has 1 aromatic rings. The third-order valence-corrected chi connectivity index (χ3v) is 2.51. The number of H-pyrrole nitrogens is 1. The number of hydrogen-bond donors (Lipinski definition) is 0. The number of aryl methyl sites for hydroxylation is 2. The van der Waals surface area contributed by atoms with E-state index < -0.39 is 0 Å². The standard InChI is InChI=1S/C11H15N.HI/c1-6-11-8(3)7(2)9(4)12-10(11)5;/h6H,1H2,2-5H3;1H. The first-order valence-electron chi connectivity index (χ1n) is 4.20. The second-order valence-electron chi connectivity index (χ2n) is 3.24. The summed E-state index contributed by atoms with van der Waals surface area (Å²) in [7, 11) is 0. The van der Waals surface area contributed by atoms with E-state index in [0.717, 1.165) is 0 Å². The molecule has 1 nitrogen and oxygen atoms in total. The van der Waals surface area contributed by atoms with Gasteiger partial charge in [-0.25, -0.2) is 4.98 Å². The summed E-state index contributed by atoms with van der Waals surface area (Å²) in [6.45, 7) is 12.3. The number of pyridine rings is 1. The molecule has 0 radical (unpaired) electrons. The number of aromatic nitrogens is 1. The van der Waals surface area contributed by atoms with Gasteiger partial charge in [-0.3, -0.25) is 0 Å². The molecule has 0 aliphatic heterocycles. The smallest absolute Gasteiger partial charge is 0.184 e. The maximum absolute atomic E-state index is 3.80. The van der Waals surface area contributed by atoms with Crippen LogP contribution in [0.15, 0.2) is 6.58 Å². The maximum atomic E-state index is 3.80. The average Bonchev–Trinajstić information content (AvgIpc) is 2.01. The van der Waals surface area contributed by atoms with Crippen LogP contribution in [-0.2, 0) is 0 Å². The quantitative estimate of drug-likeness (QED) is 0.612. The van der Waals surface area contributed by atoms with Crippen LogP contribution in [0.3, 0.4) is 0 Å². The Morgan fingerprint density at radius 2 is 1.54 bits per heavy atom. The summed E-state index contributed by atoms with van der Waals surface area (Å²) in [6.07, 6.45) is 1.91. The fraction of sp³-hybridized carbons (Fsp3) is 0.364. The Bertz CT molecular complexity index is 329. The van der Waals surface area contributed by atoms with E-state index in [-0.39, 0.29) is 24.0 Å². The van der Waals surface area contributed by atoms with Crippen LogP contribution in [0.1, 0.15) is 28.1 Å². The molecule has 0 aliphatic rings. The molecule has 1 rings (SSSR count). The van der Waals surface area contributed by atoms with E-state index in [9.17, 15) is 0 Å². The Morgan fingerprint density at radius 1 is 1.00 bits per heavy atom. The number of halogens is 1. The molecule has 1 aromatic heterocycles. The molecule has 0 fully saturated rings. The van der Waals surface area contributed by atoms with Gasteiger partial charge in [0.15, 0.2) is 11.4 Å². The van der Waals surface area contributed by atoms with E-state index in [2.05, 4.69) is 39.3 Å². The molecule has 0 atom stereocenters. The first-order chi connectivity index (χ1) is 5.57. The molecule has 72 valence electrons. The Hall–Kier alpha value is -0.380. The van der Waals surface area contributed by atoms with E-state index in [0.29, 0.717) is 0 Å². The van der Waals surface area contributed by atoms with Gasteiger partial charge in [0.05, 0.1) is 0 Å². The Balaban J connectivity index is 0.00000144. The fourth-order valence-electron chi connectivity index (χ4n) is 1.51. The minimum absolute atomic E-state index is 0. The zero-order chi connectivity index (χ0) is 9.30. The number of rotatable bonds is 1. The summed E-state index contributed by atoms with van der Waals surface area (Å²) in [5.74, 6) is 0. The van der Waals surface area contributed by atoms with Gasteiger partial charge in [0.2, 0.25) is 0 Å². The second-order valence-corrected chi connectivity index (χ2v) is 3.24. The van der Waals surface area contributed by atoms with Gasteiger partial charge in [0, 0.05) is 25.0 Å². The topological polar surface area (TPSA) is 14.1 Å². The predicted octanol–water partition coefficient (Wildman–Crippen LogP) is -0.619. The van der Waals surface area contributed by atoms with Gasteiger partial charge < -0.3 is 24.0 Å². The molecule has 0 saturated heterocycles. The van der Waals surface area contributed by atoms with Gasteiger partial charge in [-0.1, -0.05) is 12.7 Å².